The number of imidazole rings is 1. The van der Waals surface area contributed by atoms with Crippen molar-refractivity contribution in [2.75, 3.05) is 0 Å². The highest BCUT2D eigenvalue weighted by Crippen LogP contribution is 2.36. The maximum atomic E-state index is 4.67. The quantitative estimate of drug-likeness (QED) is 0.501. The van der Waals surface area contributed by atoms with Crippen molar-refractivity contribution in [1.29, 1.82) is 0 Å². The number of aromatic nitrogens is 4. The molecular weight excluding hydrogens is 356 g/mol. The third-order valence-corrected chi connectivity index (χ3v) is 5.69. The van der Waals surface area contributed by atoms with Gasteiger partial charge in [0, 0.05) is 0 Å². The monoisotopic (exact) mass is 364 g/mol. The molecule has 0 aromatic carbocycles. The van der Waals surface area contributed by atoms with E-state index in [0.717, 1.165) is 36.2 Å². The lowest BCUT2D eigenvalue weighted by molar-refractivity contribution is 0.932. The molecule has 20 heavy (non-hydrogen) atoms. The van der Waals surface area contributed by atoms with Crippen LogP contribution in [-0.2, 0) is 0 Å². The summed E-state index contributed by atoms with van der Waals surface area (Å²) in [6, 6.07) is 4.16. The Kier molecular flexibility index (Phi) is 2.70. The number of nitrogens with zero attached hydrogens (tertiary/aromatic N) is 4. The van der Waals surface area contributed by atoms with Crippen LogP contribution >= 0.6 is 38.6 Å². The van der Waals surface area contributed by atoms with Gasteiger partial charge in [-0.2, -0.15) is 5.10 Å². The minimum atomic E-state index is 0.900. The van der Waals surface area contributed by atoms with Gasteiger partial charge in [0.1, 0.15) is 15.5 Å². The molecule has 4 aromatic rings. The third kappa shape index (κ3) is 1.88. The maximum absolute atomic E-state index is 4.67. The number of thiophene rings is 1. The molecule has 0 atom stereocenters. The minimum absolute atomic E-state index is 0.900. The second-order valence-electron chi connectivity index (χ2n) is 4.60. The summed E-state index contributed by atoms with van der Waals surface area (Å²) in [5, 5.41) is 5.57. The molecule has 0 fully saturated rings. The summed E-state index contributed by atoms with van der Waals surface area (Å²) < 4.78 is 4.15. The molecule has 0 spiro atoms. The first-order chi connectivity index (χ1) is 9.60. The lowest BCUT2D eigenvalue weighted by Crippen LogP contribution is -1.95. The molecular formula is C13H9BrN4S2. The van der Waals surface area contributed by atoms with Gasteiger partial charge in [0.25, 0.3) is 0 Å². The fourth-order valence-electron chi connectivity index (χ4n) is 2.17. The number of thiazole rings is 1. The molecule has 7 heteroatoms. The summed E-state index contributed by atoms with van der Waals surface area (Å²) in [5.74, 6) is 0. The van der Waals surface area contributed by atoms with E-state index in [2.05, 4.69) is 50.1 Å². The summed E-state index contributed by atoms with van der Waals surface area (Å²) in [4.78, 5) is 10.2. The highest BCUT2D eigenvalue weighted by Gasteiger charge is 2.13. The lowest BCUT2D eigenvalue weighted by atomic mass is 10.3. The van der Waals surface area contributed by atoms with Crippen molar-refractivity contribution < 1.29 is 0 Å². The van der Waals surface area contributed by atoms with E-state index in [9.17, 15) is 0 Å². The number of halogens is 1. The van der Waals surface area contributed by atoms with Crippen molar-refractivity contribution in [3.8, 4) is 10.7 Å². The molecule has 0 saturated carbocycles. The van der Waals surface area contributed by atoms with Crippen LogP contribution in [0, 0.1) is 13.8 Å². The number of aryl methyl sites for hydroxylation is 2. The number of hydrogen-bond donors (Lipinski definition) is 0. The second kappa shape index (κ2) is 4.34. The molecule has 0 aliphatic heterocycles. The third-order valence-electron chi connectivity index (χ3n) is 3.01. The molecule has 4 aromatic heterocycles. The van der Waals surface area contributed by atoms with Crippen LogP contribution in [0.3, 0.4) is 0 Å². The van der Waals surface area contributed by atoms with Gasteiger partial charge in [0.15, 0.2) is 5.65 Å². The van der Waals surface area contributed by atoms with E-state index in [-0.39, 0.29) is 0 Å². The predicted octanol–water partition coefficient (Wildman–Crippen LogP) is 4.45. The molecule has 0 amide bonds. The zero-order valence-corrected chi connectivity index (χ0v) is 13.9. The highest BCUT2D eigenvalue weighted by molar-refractivity contribution is 9.11. The molecule has 100 valence electrons. The Hall–Kier alpha value is -1.31. The fourth-order valence-corrected chi connectivity index (χ4v) is 4.91. The maximum Gasteiger partial charge on any atom is 0.156 e. The predicted molar refractivity (Wildman–Crippen MR) is 86.7 cm³/mol. The number of fused-ring (bicyclic) bond motifs is 2. The first-order valence-corrected chi connectivity index (χ1v) is 8.42. The summed E-state index contributed by atoms with van der Waals surface area (Å²) in [7, 11) is 0. The zero-order valence-electron chi connectivity index (χ0n) is 10.7. The van der Waals surface area contributed by atoms with E-state index in [1.165, 1.54) is 4.70 Å². The van der Waals surface area contributed by atoms with Gasteiger partial charge in [-0.15, -0.1) is 22.7 Å². The minimum Gasteiger partial charge on any atom is -0.232 e. The summed E-state index contributed by atoms with van der Waals surface area (Å²) >= 11 is 6.81. The lowest BCUT2D eigenvalue weighted by Gasteiger charge is -2.00. The summed E-state index contributed by atoms with van der Waals surface area (Å²) in [6.07, 6.45) is 1.94. The van der Waals surface area contributed by atoms with E-state index in [1.807, 2.05) is 17.6 Å². The van der Waals surface area contributed by atoms with Gasteiger partial charge in [0.2, 0.25) is 0 Å². The Bertz CT molecular complexity index is 919. The first-order valence-electron chi connectivity index (χ1n) is 6.00. The molecule has 4 nitrogen and oxygen atoms in total. The average Bonchev–Trinajstić information content (AvgIpc) is 3.00. The van der Waals surface area contributed by atoms with Crippen LogP contribution in [0.25, 0.3) is 25.9 Å². The van der Waals surface area contributed by atoms with Crippen LogP contribution < -0.4 is 0 Å². The van der Waals surface area contributed by atoms with Crippen molar-refractivity contribution in [3.05, 3.63) is 33.4 Å². The Morgan fingerprint density at radius 3 is 2.80 bits per heavy atom. The van der Waals surface area contributed by atoms with Crippen molar-refractivity contribution in [2.45, 2.75) is 13.8 Å². The smallest absolute Gasteiger partial charge is 0.156 e. The Morgan fingerprint density at radius 2 is 2.00 bits per heavy atom. The van der Waals surface area contributed by atoms with Crippen molar-refractivity contribution >= 4 is 53.8 Å². The van der Waals surface area contributed by atoms with Gasteiger partial charge < -0.3 is 0 Å². The molecule has 4 rings (SSSR count). The van der Waals surface area contributed by atoms with Gasteiger partial charge in [-0.25, -0.2) is 14.5 Å². The molecule has 4 heterocycles. The summed E-state index contributed by atoms with van der Waals surface area (Å²) in [5.41, 5.74) is 3.90. The molecule has 0 bridgehead atoms. The van der Waals surface area contributed by atoms with Crippen LogP contribution in [0.2, 0.25) is 0 Å². The molecule has 0 saturated heterocycles. The zero-order chi connectivity index (χ0) is 13.9. The average molecular weight is 365 g/mol. The van der Waals surface area contributed by atoms with Crippen LogP contribution in [0.5, 0.6) is 0 Å². The van der Waals surface area contributed by atoms with Crippen molar-refractivity contribution in [2.24, 2.45) is 0 Å². The topological polar surface area (TPSA) is 43.1 Å². The molecule has 0 radical (unpaired) electrons. The number of rotatable bonds is 1. The Morgan fingerprint density at radius 1 is 1.15 bits per heavy atom. The van der Waals surface area contributed by atoms with E-state index in [1.54, 1.807) is 22.7 Å². The first kappa shape index (κ1) is 12.4. The van der Waals surface area contributed by atoms with E-state index in [4.69, 9.17) is 0 Å². The van der Waals surface area contributed by atoms with Gasteiger partial charge >= 0.3 is 0 Å². The number of hydrogen-bond acceptors (Lipinski definition) is 5. The van der Waals surface area contributed by atoms with Gasteiger partial charge in [-0.1, -0.05) is 0 Å². The fraction of sp³-hybridized carbons (Fsp3) is 0.154. The van der Waals surface area contributed by atoms with Crippen LogP contribution in [-0.4, -0.2) is 19.6 Å². The molecule has 0 unspecified atom stereocenters. The van der Waals surface area contributed by atoms with Gasteiger partial charge in [0.05, 0.1) is 20.4 Å². The molecule has 0 N–H and O–H groups in total. The van der Waals surface area contributed by atoms with Crippen molar-refractivity contribution in [3.63, 3.8) is 0 Å². The second-order valence-corrected chi connectivity index (χ2v) is 8.04. The van der Waals surface area contributed by atoms with E-state index in [0.29, 0.717) is 0 Å². The largest absolute Gasteiger partial charge is 0.232 e. The van der Waals surface area contributed by atoms with Crippen molar-refractivity contribution in [1.82, 2.24) is 19.6 Å². The Balaban J connectivity index is 1.93. The van der Waals surface area contributed by atoms with Crippen LogP contribution in [0.15, 0.2) is 22.1 Å². The van der Waals surface area contributed by atoms with E-state index < -0.39 is 0 Å². The standard InChI is InChI=1S/C13H9BrN4S2/c1-6-3-8(17-18-5-7(2)15-11(6)18)12-16-13-9(19-12)4-10(14)20-13/h3-5H,1-2H3. The van der Waals surface area contributed by atoms with Crippen LogP contribution in [0.1, 0.15) is 11.3 Å². The molecule has 0 aliphatic carbocycles. The SMILES string of the molecule is Cc1cn2nc(-c3nc4sc(Br)cc4s3)cc(C)c2n1. The van der Waals surface area contributed by atoms with Gasteiger partial charge in [-0.05, 0) is 47.5 Å². The van der Waals surface area contributed by atoms with Gasteiger partial charge in [-0.3, -0.25) is 0 Å². The van der Waals surface area contributed by atoms with E-state index >= 15 is 0 Å². The highest BCUT2D eigenvalue weighted by atomic mass is 79.9. The normalized spacial score (nSPS) is 11.8. The van der Waals surface area contributed by atoms with Crippen LogP contribution in [0.4, 0.5) is 0 Å². The summed E-state index contributed by atoms with van der Waals surface area (Å²) in [6.45, 7) is 4.03. The molecule has 0 aliphatic rings. The Labute approximate surface area is 131 Å².